The number of carbonyl (C=O) groups is 1. The van der Waals surface area contributed by atoms with E-state index in [2.05, 4.69) is 30.7 Å². The molecule has 0 aromatic carbocycles. The van der Waals surface area contributed by atoms with Crippen molar-refractivity contribution < 1.29 is 13.9 Å². The molecular formula is C13H14N6O3S2. The van der Waals surface area contributed by atoms with E-state index in [9.17, 15) is 4.79 Å². The lowest BCUT2D eigenvalue weighted by Crippen LogP contribution is -2.10. The summed E-state index contributed by atoms with van der Waals surface area (Å²) in [7, 11) is 1.59. The highest BCUT2D eigenvalue weighted by Gasteiger charge is 2.16. The number of H-pyrrole nitrogens is 1. The monoisotopic (exact) mass is 366 g/mol. The molecule has 2 N–H and O–H groups in total. The molecule has 9 nitrogen and oxygen atoms in total. The summed E-state index contributed by atoms with van der Waals surface area (Å²) in [6, 6.07) is 3.36. The minimum absolute atomic E-state index is 0.170. The molecule has 24 heavy (non-hydrogen) atoms. The maximum Gasteiger partial charge on any atom is 0.293 e. The zero-order chi connectivity index (χ0) is 16.9. The van der Waals surface area contributed by atoms with E-state index in [1.165, 1.54) is 29.4 Å². The Morgan fingerprint density at radius 3 is 3.12 bits per heavy atom. The molecule has 3 aromatic heterocycles. The van der Waals surface area contributed by atoms with Crippen LogP contribution in [0.5, 0.6) is 0 Å². The van der Waals surface area contributed by atoms with Crippen LogP contribution in [0.4, 0.5) is 5.13 Å². The molecule has 1 amide bonds. The Morgan fingerprint density at radius 1 is 1.50 bits per heavy atom. The molecule has 0 spiro atoms. The number of nitrogens with one attached hydrogen (secondary N) is 2. The van der Waals surface area contributed by atoms with Gasteiger partial charge in [-0.2, -0.15) is 5.10 Å². The first-order valence-electron chi connectivity index (χ1n) is 6.90. The molecule has 11 heteroatoms. The fourth-order valence-corrected chi connectivity index (χ4v) is 3.13. The number of rotatable bonds is 7. The third-order valence-corrected chi connectivity index (χ3v) is 4.89. The Kier molecular flexibility index (Phi) is 5.23. The van der Waals surface area contributed by atoms with Gasteiger partial charge in [0.15, 0.2) is 10.9 Å². The normalized spacial score (nSPS) is 12.2. The second kappa shape index (κ2) is 7.55. The smallest absolute Gasteiger partial charge is 0.293 e. The van der Waals surface area contributed by atoms with Crippen LogP contribution in [-0.2, 0) is 10.5 Å². The SMILES string of the molecule is COC(C)c1nnc(NC(=O)c2ccc(CSc3ncn[nH]3)o2)s1. The summed E-state index contributed by atoms with van der Waals surface area (Å²) in [4.78, 5) is 16.2. The Morgan fingerprint density at radius 2 is 2.38 bits per heavy atom. The molecule has 126 valence electrons. The van der Waals surface area contributed by atoms with Gasteiger partial charge in [0.2, 0.25) is 5.13 Å². The maximum absolute atomic E-state index is 12.2. The molecule has 0 saturated carbocycles. The van der Waals surface area contributed by atoms with Crippen molar-refractivity contribution >= 4 is 34.1 Å². The van der Waals surface area contributed by atoms with Crippen molar-refractivity contribution in [1.82, 2.24) is 25.4 Å². The molecule has 0 aliphatic carbocycles. The summed E-state index contributed by atoms with van der Waals surface area (Å²) in [5.41, 5.74) is 0. The molecular weight excluding hydrogens is 352 g/mol. The zero-order valence-electron chi connectivity index (χ0n) is 12.8. The predicted octanol–water partition coefficient (Wildman–Crippen LogP) is 2.50. The number of ether oxygens (including phenoxy) is 1. The number of anilines is 1. The highest BCUT2D eigenvalue weighted by Crippen LogP contribution is 2.24. The standard InChI is InChI=1S/C13H14N6O3S2/c1-7(21-2)11-17-19-13(24-11)16-10(20)9-4-3-8(22-9)5-23-12-14-6-15-18-12/h3-4,6-7H,5H2,1-2H3,(H,14,15,18)(H,16,19,20). The van der Waals surface area contributed by atoms with Crippen LogP contribution >= 0.6 is 23.1 Å². The predicted molar refractivity (Wildman–Crippen MR) is 87.9 cm³/mol. The van der Waals surface area contributed by atoms with Crippen LogP contribution in [-0.4, -0.2) is 38.4 Å². The summed E-state index contributed by atoms with van der Waals surface area (Å²) >= 11 is 2.69. The number of nitrogens with zero attached hydrogens (tertiary/aromatic N) is 4. The molecule has 3 aromatic rings. The topological polar surface area (TPSA) is 119 Å². The lowest BCUT2D eigenvalue weighted by molar-refractivity contribution is 0.0995. The van der Waals surface area contributed by atoms with Crippen molar-refractivity contribution in [2.24, 2.45) is 0 Å². The van der Waals surface area contributed by atoms with Gasteiger partial charge in [-0.1, -0.05) is 23.1 Å². The fourth-order valence-electron chi connectivity index (χ4n) is 1.69. The van der Waals surface area contributed by atoms with Crippen LogP contribution in [0.1, 0.15) is 34.4 Å². The summed E-state index contributed by atoms with van der Waals surface area (Å²) in [5.74, 6) is 1.03. The van der Waals surface area contributed by atoms with Crippen molar-refractivity contribution in [1.29, 1.82) is 0 Å². The third kappa shape index (κ3) is 3.99. The zero-order valence-corrected chi connectivity index (χ0v) is 14.5. The van der Waals surface area contributed by atoms with Crippen molar-refractivity contribution in [2.45, 2.75) is 23.9 Å². The average molecular weight is 366 g/mol. The van der Waals surface area contributed by atoms with Gasteiger partial charge in [-0.05, 0) is 19.1 Å². The molecule has 0 radical (unpaired) electrons. The van der Waals surface area contributed by atoms with E-state index in [4.69, 9.17) is 9.15 Å². The number of carbonyl (C=O) groups excluding carboxylic acids is 1. The molecule has 0 fully saturated rings. The number of aromatic amines is 1. The van der Waals surface area contributed by atoms with Gasteiger partial charge in [0.05, 0.1) is 5.75 Å². The first-order chi connectivity index (χ1) is 11.7. The van der Waals surface area contributed by atoms with Crippen LogP contribution in [0.25, 0.3) is 0 Å². The second-order valence-electron chi connectivity index (χ2n) is 4.62. The van der Waals surface area contributed by atoms with Gasteiger partial charge < -0.3 is 9.15 Å². The average Bonchev–Trinajstić information content (AvgIpc) is 3.32. The summed E-state index contributed by atoms with van der Waals surface area (Å²) in [6.45, 7) is 1.86. The lowest BCUT2D eigenvalue weighted by atomic mass is 10.4. The molecule has 1 unspecified atom stereocenters. The minimum Gasteiger partial charge on any atom is -0.455 e. The Hall–Kier alpha value is -2.24. The molecule has 3 rings (SSSR count). The van der Waals surface area contributed by atoms with Gasteiger partial charge in [0.1, 0.15) is 23.2 Å². The van der Waals surface area contributed by atoms with Gasteiger partial charge in [-0.25, -0.2) is 4.98 Å². The van der Waals surface area contributed by atoms with Gasteiger partial charge in [0, 0.05) is 7.11 Å². The van der Waals surface area contributed by atoms with Crippen LogP contribution < -0.4 is 5.32 Å². The van der Waals surface area contributed by atoms with Crippen LogP contribution in [0.3, 0.4) is 0 Å². The van der Waals surface area contributed by atoms with Gasteiger partial charge in [-0.15, -0.1) is 10.2 Å². The van der Waals surface area contributed by atoms with E-state index in [1.807, 2.05) is 6.92 Å². The van der Waals surface area contributed by atoms with Gasteiger partial charge in [-0.3, -0.25) is 15.2 Å². The van der Waals surface area contributed by atoms with Gasteiger partial charge in [0.25, 0.3) is 5.91 Å². The highest BCUT2D eigenvalue weighted by atomic mass is 32.2. The summed E-state index contributed by atoms with van der Waals surface area (Å²) < 4.78 is 10.7. The molecule has 1 atom stereocenters. The number of aromatic nitrogens is 5. The van der Waals surface area contributed by atoms with E-state index >= 15 is 0 Å². The van der Waals surface area contributed by atoms with E-state index in [0.717, 1.165) is 0 Å². The minimum atomic E-state index is -0.376. The molecule has 0 aliphatic heterocycles. The molecule has 0 saturated heterocycles. The Bertz CT molecular complexity index is 800. The Labute approximate surface area is 145 Å². The summed E-state index contributed by atoms with van der Waals surface area (Å²) in [5, 5.41) is 18.8. The van der Waals surface area contributed by atoms with E-state index < -0.39 is 0 Å². The van der Waals surface area contributed by atoms with Crippen molar-refractivity contribution in [3.05, 3.63) is 35.0 Å². The van der Waals surface area contributed by atoms with Crippen LogP contribution in [0, 0.1) is 0 Å². The maximum atomic E-state index is 12.2. The van der Waals surface area contributed by atoms with Gasteiger partial charge >= 0.3 is 0 Å². The van der Waals surface area contributed by atoms with E-state index in [-0.39, 0.29) is 17.8 Å². The van der Waals surface area contributed by atoms with E-state index in [0.29, 0.717) is 26.8 Å². The summed E-state index contributed by atoms with van der Waals surface area (Å²) in [6.07, 6.45) is 1.26. The number of hydrogen-bond acceptors (Lipinski definition) is 9. The third-order valence-electron chi connectivity index (χ3n) is 2.99. The van der Waals surface area contributed by atoms with Crippen molar-refractivity contribution in [2.75, 3.05) is 12.4 Å². The number of methoxy groups -OCH3 is 1. The molecule has 0 aliphatic rings. The number of amides is 1. The quantitative estimate of drug-likeness (QED) is 0.612. The first-order valence-corrected chi connectivity index (χ1v) is 8.70. The largest absolute Gasteiger partial charge is 0.455 e. The molecule has 3 heterocycles. The number of thioether (sulfide) groups is 1. The highest BCUT2D eigenvalue weighted by molar-refractivity contribution is 7.98. The van der Waals surface area contributed by atoms with Crippen molar-refractivity contribution in [3.63, 3.8) is 0 Å². The first kappa shape index (κ1) is 16.6. The number of hydrogen-bond donors (Lipinski definition) is 2. The van der Waals surface area contributed by atoms with Crippen LogP contribution in [0.15, 0.2) is 28.0 Å². The van der Waals surface area contributed by atoms with E-state index in [1.54, 1.807) is 19.2 Å². The molecule has 0 bridgehead atoms. The lowest BCUT2D eigenvalue weighted by Gasteiger charge is -2.02. The Balaban J connectivity index is 1.58. The number of furan rings is 1. The second-order valence-corrected chi connectivity index (χ2v) is 6.60. The van der Waals surface area contributed by atoms with Crippen LogP contribution in [0.2, 0.25) is 0 Å². The van der Waals surface area contributed by atoms with Crippen molar-refractivity contribution in [3.8, 4) is 0 Å². The fraction of sp³-hybridized carbons (Fsp3) is 0.308.